The van der Waals surface area contributed by atoms with Crippen molar-refractivity contribution in [3.8, 4) is 11.3 Å². The number of aryl methyl sites for hydroxylation is 2. The summed E-state index contributed by atoms with van der Waals surface area (Å²) in [5.41, 5.74) is 11.4. The van der Waals surface area contributed by atoms with Crippen molar-refractivity contribution in [1.82, 2.24) is 9.38 Å². The van der Waals surface area contributed by atoms with Crippen LogP contribution >= 0.6 is 0 Å². The highest BCUT2D eigenvalue weighted by Gasteiger charge is 2.11. The van der Waals surface area contributed by atoms with Gasteiger partial charge in [-0.05, 0) is 38.1 Å². The lowest BCUT2D eigenvalue weighted by Gasteiger charge is -2.03. The standard InChI is InChI=1S/C15H15N3/c1-10-7-11(2)9-12(8-10)14-15(16)18-6-4-3-5-13(18)17-14/h3-9H,16H2,1-2H3. The minimum atomic E-state index is 0.690. The summed E-state index contributed by atoms with van der Waals surface area (Å²) in [7, 11) is 0. The van der Waals surface area contributed by atoms with E-state index in [-0.39, 0.29) is 0 Å². The Morgan fingerprint density at radius 1 is 1.06 bits per heavy atom. The van der Waals surface area contributed by atoms with Crippen molar-refractivity contribution < 1.29 is 0 Å². The Bertz CT molecular complexity index is 705. The molecule has 1 aromatic carbocycles. The van der Waals surface area contributed by atoms with Gasteiger partial charge in [-0.25, -0.2) is 4.98 Å². The van der Waals surface area contributed by atoms with Crippen LogP contribution in [-0.4, -0.2) is 9.38 Å². The first kappa shape index (κ1) is 10.8. The van der Waals surface area contributed by atoms with Crippen molar-refractivity contribution in [3.63, 3.8) is 0 Å². The second-order valence-electron chi connectivity index (χ2n) is 4.65. The molecule has 0 unspecified atom stereocenters. The summed E-state index contributed by atoms with van der Waals surface area (Å²) >= 11 is 0. The van der Waals surface area contributed by atoms with Crippen molar-refractivity contribution in [2.24, 2.45) is 0 Å². The van der Waals surface area contributed by atoms with Crippen LogP contribution in [0.15, 0.2) is 42.6 Å². The van der Waals surface area contributed by atoms with E-state index < -0.39 is 0 Å². The average Bonchev–Trinajstić information content (AvgIpc) is 2.66. The molecule has 90 valence electrons. The van der Waals surface area contributed by atoms with Crippen LogP contribution in [0.3, 0.4) is 0 Å². The zero-order chi connectivity index (χ0) is 12.7. The number of nitrogens with zero attached hydrogens (tertiary/aromatic N) is 2. The zero-order valence-electron chi connectivity index (χ0n) is 10.5. The molecule has 0 fully saturated rings. The number of nitrogens with two attached hydrogens (primary N) is 1. The van der Waals surface area contributed by atoms with Gasteiger partial charge >= 0.3 is 0 Å². The van der Waals surface area contributed by atoms with Crippen LogP contribution in [0, 0.1) is 13.8 Å². The van der Waals surface area contributed by atoms with Gasteiger partial charge in [0, 0.05) is 11.8 Å². The molecule has 2 aromatic heterocycles. The maximum atomic E-state index is 6.17. The van der Waals surface area contributed by atoms with E-state index in [0.29, 0.717) is 5.82 Å². The van der Waals surface area contributed by atoms with Crippen LogP contribution in [0.1, 0.15) is 11.1 Å². The molecule has 0 saturated heterocycles. The number of imidazole rings is 1. The molecule has 18 heavy (non-hydrogen) atoms. The maximum absolute atomic E-state index is 6.17. The van der Waals surface area contributed by atoms with E-state index in [1.165, 1.54) is 11.1 Å². The van der Waals surface area contributed by atoms with Gasteiger partial charge in [0.25, 0.3) is 0 Å². The summed E-state index contributed by atoms with van der Waals surface area (Å²) in [6.07, 6.45) is 1.93. The van der Waals surface area contributed by atoms with Crippen LogP contribution < -0.4 is 5.73 Å². The Labute approximate surface area is 106 Å². The molecule has 0 aliphatic carbocycles. The molecule has 0 aliphatic heterocycles. The lowest BCUT2D eigenvalue weighted by Crippen LogP contribution is -1.93. The first-order chi connectivity index (χ1) is 8.65. The largest absolute Gasteiger partial charge is 0.383 e. The fraction of sp³-hybridized carbons (Fsp3) is 0.133. The molecule has 3 heteroatoms. The lowest BCUT2D eigenvalue weighted by atomic mass is 10.1. The summed E-state index contributed by atoms with van der Waals surface area (Å²) < 4.78 is 1.91. The Morgan fingerprint density at radius 3 is 2.44 bits per heavy atom. The molecule has 0 aliphatic rings. The number of anilines is 1. The molecular weight excluding hydrogens is 222 g/mol. The molecule has 3 rings (SSSR count). The number of hydrogen-bond acceptors (Lipinski definition) is 2. The summed E-state index contributed by atoms with van der Waals surface area (Å²) in [4.78, 5) is 4.60. The molecule has 0 amide bonds. The maximum Gasteiger partial charge on any atom is 0.139 e. The summed E-state index contributed by atoms with van der Waals surface area (Å²) in [5.74, 6) is 0.690. The Kier molecular flexibility index (Phi) is 2.33. The molecule has 3 aromatic rings. The smallest absolute Gasteiger partial charge is 0.139 e. The quantitative estimate of drug-likeness (QED) is 0.706. The van der Waals surface area contributed by atoms with Crippen molar-refractivity contribution in [2.75, 3.05) is 5.73 Å². The van der Waals surface area contributed by atoms with E-state index in [0.717, 1.165) is 16.9 Å². The minimum Gasteiger partial charge on any atom is -0.383 e. The number of hydrogen-bond donors (Lipinski definition) is 1. The van der Waals surface area contributed by atoms with E-state index in [2.05, 4.69) is 37.0 Å². The molecule has 2 N–H and O–H groups in total. The second kappa shape index (κ2) is 3.88. The van der Waals surface area contributed by atoms with E-state index >= 15 is 0 Å². The average molecular weight is 237 g/mol. The number of pyridine rings is 1. The molecule has 0 saturated carbocycles. The number of benzene rings is 1. The molecule has 0 atom stereocenters. The third-order valence-electron chi connectivity index (χ3n) is 3.06. The lowest BCUT2D eigenvalue weighted by molar-refractivity contribution is 1.20. The van der Waals surface area contributed by atoms with Crippen LogP contribution in [-0.2, 0) is 0 Å². The van der Waals surface area contributed by atoms with Crippen LogP contribution in [0.2, 0.25) is 0 Å². The summed E-state index contributed by atoms with van der Waals surface area (Å²) in [6, 6.07) is 12.3. The Hall–Kier alpha value is -2.29. The summed E-state index contributed by atoms with van der Waals surface area (Å²) in [6.45, 7) is 4.17. The van der Waals surface area contributed by atoms with Gasteiger partial charge in [0.05, 0.1) is 0 Å². The van der Waals surface area contributed by atoms with Crippen LogP contribution in [0.25, 0.3) is 16.9 Å². The van der Waals surface area contributed by atoms with E-state index in [1.54, 1.807) is 0 Å². The first-order valence-electron chi connectivity index (χ1n) is 5.96. The zero-order valence-corrected chi connectivity index (χ0v) is 10.5. The van der Waals surface area contributed by atoms with Gasteiger partial charge in [-0.15, -0.1) is 0 Å². The fourth-order valence-electron chi connectivity index (χ4n) is 2.34. The molecule has 0 radical (unpaired) electrons. The van der Waals surface area contributed by atoms with Gasteiger partial charge in [0.1, 0.15) is 17.2 Å². The fourth-order valence-corrected chi connectivity index (χ4v) is 2.34. The monoisotopic (exact) mass is 237 g/mol. The molecular formula is C15H15N3. The van der Waals surface area contributed by atoms with Crippen molar-refractivity contribution in [3.05, 3.63) is 53.7 Å². The van der Waals surface area contributed by atoms with Crippen molar-refractivity contribution in [2.45, 2.75) is 13.8 Å². The predicted octanol–water partition coefficient (Wildman–Crippen LogP) is 3.20. The van der Waals surface area contributed by atoms with E-state index in [1.807, 2.05) is 28.8 Å². The topological polar surface area (TPSA) is 43.3 Å². The molecule has 0 spiro atoms. The SMILES string of the molecule is Cc1cc(C)cc(-c2nc3ccccn3c2N)c1. The van der Waals surface area contributed by atoms with Crippen molar-refractivity contribution in [1.29, 1.82) is 0 Å². The van der Waals surface area contributed by atoms with Gasteiger partial charge in [0.15, 0.2) is 0 Å². The molecule has 0 bridgehead atoms. The first-order valence-corrected chi connectivity index (χ1v) is 5.96. The number of rotatable bonds is 1. The van der Waals surface area contributed by atoms with Gasteiger partial charge in [-0.1, -0.05) is 23.3 Å². The predicted molar refractivity (Wildman–Crippen MR) is 74.5 cm³/mol. The van der Waals surface area contributed by atoms with Gasteiger partial charge in [-0.2, -0.15) is 0 Å². The number of aromatic nitrogens is 2. The third-order valence-corrected chi connectivity index (χ3v) is 3.06. The Balaban J connectivity index is 2.28. The summed E-state index contributed by atoms with van der Waals surface area (Å²) in [5, 5.41) is 0. The second-order valence-corrected chi connectivity index (χ2v) is 4.65. The minimum absolute atomic E-state index is 0.690. The van der Waals surface area contributed by atoms with Crippen molar-refractivity contribution >= 4 is 11.5 Å². The van der Waals surface area contributed by atoms with E-state index in [4.69, 9.17) is 5.73 Å². The van der Waals surface area contributed by atoms with Crippen LogP contribution in [0.4, 0.5) is 5.82 Å². The third kappa shape index (κ3) is 1.64. The van der Waals surface area contributed by atoms with E-state index in [9.17, 15) is 0 Å². The Morgan fingerprint density at radius 2 is 1.78 bits per heavy atom. The number of fused-ring (bicyclic) bond motifs is 1. The normalized spacial score (nSPS) is 11.0. The highest BCUT2D eigenvalue weighted by Crippen LogP contribution is 2.27. The highest BCUT2D eigenvalue weighted by molar-refractivity contribution is 5.75. The van der Waals surface area contributed by atoms with Gasteiger partial charge < -0.3 is 5.73 Å². The molecule has 3 nitrogen and oxygen atoms in total. The highest BCUT2D eigenvalue weighted by atomic mass is 15.1. The molecule has 2 heterocycles. The number of nitrogen functional groups attached to an aromatic ring is 1. The van der Waals surface area contributed by atoms with Gasteiger partial charge in [0.2, 0.25) is 0 Å². The van der Waals surface area contributed by atoms with Gasteiger partial charge in [-0.3, -0.25) is 4.40 Å². The van der Waals surface area contributed by atoms with Crippen LogP contribution in [0.5, 0.6) is 0 Å².